The third-order valence-corrected chi connectivity index (χ3v) is 5.46. The van der Waals surface area contributed by atoms with Gasteiger partial charge >= 0.3 is 0 Å². The molecular weight excluding hydrogens is 362 g/mol. The second kappa shape index (κ2) is 7.76. The van der Waals surface area contributed by atoms with Crippen molar-refractivity contribution in [1.29, 1.82) is 0 Å². The van der Waals surface area contributed by atoms with E-state index in [-0.39, 0.29) is 0 Å². The van der Waals surface area contributed by atoms with Crippen LogP contribution in [0.5, 0.6) is 0 Å². The minimum Gasteiger partial charge on any atom is -0.373 e. The van der Waals surface area contributed by atoms with Gasteiger partial charge in [-0.25, -0.2) is 0 Å². The number of aromatic nitrogens is 3. The average Bonchev–Trinajstić information content (AvgIpc) is 3.11. The van der Waals surface area contributed by atoms with E-state index in [9.17, 15) is 5.11 Å². The highest BCUT2D eigenvalue weighted by Crippen LogP contribution is 2.41. The molecule has 0 radical (unpaired) electrons. The molecule has 0 fully saturated rings. The monoisotopic (exact) mass is 387 g/mol. The smallest absolute Gasteiger partial charge is 0.173 e. The fourth-order valence-electron chi connectivity index (χ4n) is 3.97. The first-order valence-electron chi connectivity index (χ1n) is 9.98. The molecule has 0 amide bonds. The van der Waals surface area contributed by atoms with E-state index in [2.05, 4.69) is 23.1 Å². The maximum atomic E-state index is 12.1. The topological polar surface area (TPSA) is 72.0 Å². The Hall–Kier alpha value is -3.05. The molecular formula is C24H25N3O2. The number of pyridine rings is 2. The molecule has 0 aliphatic heterocycles. The molecule has 0 bridgehead atoms. The van der Waals surface area contributed by atoms with E-state index in [4.69, 9.17) is 9.51 Å². The Morgan fingerprint density at radius 3 is 2.62 bits per heavy atom. The lowest BCUT2D eigenvalue weighted by molar-refractivity contribution is 0.114. The van der Waals surface area contributed by atoms with Crippen LogP contribution in [0, 0.1) is 13.8 Å². The van der Waals surface area contributed by atoms with E-state index in [1.165, 1.54) is 0 Å². The highest BCUT2D eigenvalue weighted by Gasteiger charge is 2.39. The molecule has 5 heteroatoms. The fraction of sp³-hybridized carbons (Fsp3) is 0.292. The molecule has 0 aromatic carbocycles. The van der Waals surface area contributed by atoms with Crippen LogP contribution in [0.2, 0.25) is 0 Å². The SMILES string of the molecule is CCc1cccc(C(O)(C2=CCCC(c3c(C)noc3C)=C2)c2ccccn2)n1. The number of hydrogen-bond acceptors (Lipinski definition) is 5. The highest BCUT2D eigenvalue weighted by molar-refractivity contribution is 5.73. The maximum absolute atomic E-state index is 12.1. The van der Waals surface area contributed by atoms with Gasteiger partial charge in [0.2, 0.25) is 0 Å². The number of aliphatic hydroxyl groups is 1. The lowest BCUT2D eigenvalue weighted by atomic mass is 9.80. The number of hydrogen-bond donors (Lipinski definition) is 1. The van der Waals surface area contributed by atoms with Crippen LogP contribution in [0.3, 0.4) is 0 Å². The molecule has 1 aliphatic carbocycles. The van der Waals surface area contributed by atoms with Gasteiger partial charge < -0.3 is 9.63 Å². The molecule has 0 spiro atoms. The second-order valence-electron chi connectivity index (χ2n) is 7.36. The summed E-state index contributed by atoms with van der Waals surface area (Å²) in [6.45, 7) is 5.93. The van der Waals surface area contributed by atoms with Crippen molar-refractivity contribution < 1.29 is 9.63 Å². The Labute approximate surface area is 170 Å². The molecule has 4 rings (SSSR count). The summed E-state index contributed by atoms with van der Waals surface area (Å²) in [5.74, 6) is 0.794. The third-order valence-electron chi connectivity index (χ3n) is 5.46. The number of rotatable bonds is 5. The van der Waals surface area contributed by atoms with Gasteiger partial charge in [-0.05, 0) is 68.5 Å². The van der Waals surface area contributed by atoms with Gasteiger partial charge in [0.15, 0.2) is 5.60 Å². The Balaban J connectivity index is 1.89. The normalized spacial score (nSPS) is 16.1. The predicted octanol–water partition coefficient (Wildman–Crippen LogP) is 4.68. The summed E-state index contributed by atoms with van der Waals surface area (Å²) in [5.41, 5.74) is 4.41. The number of aryl methyl sites for hydroxylation is 3. The largest absolute Gasteiger partial charge is 0.373 e. The second-order valence-corrected chi connectivity index (χ2v) is 7.36. The van der Waals surface area contributed by atoms with E-state index in [1.54, 1.807) is 6.20 Å². The lowest BCUT2D eigenvalue weighted by Crippen LogP contribution is -2.32. The first-order chi connectivity index (χ1) is 14.0. The van der Waals surface area contributed by atoms with E-state index in [0.29, 0.717) is 11.4 Å². The molecule has 1 N–H and O–H groups in total. The minimum absolute atomic E-state index is 0.559. The summed E-state index contributed by atoms with van der Waals surface area (Å²) >= 11 is 0. The summed E-state index contributed by atoms with van der Waals surface area (Å²) in [4.78, 5) is 9.24. The van der Waals surface area contributed by atoms with Crippen LogP contribution in [0.25, 0.3) is 5.57 Å². The van der Waals surface area contributed by atoms with Crippen molar-refractivity contribution in [2.75, 3.05) is 0 Å². The van der Waals surface area contributed by atoms with E-state index in [0.717, 1.165) is 53.1 Å². The summed E-state index contributed by atoms with van der Waals surface area (Å²) in [7, 11) is 0. The quantitative estimate of drug-likeness (QED) is 0.688. The van der Waals surface area contributed by atoms with Crippen molar-refractivity contribution in [3.63, 3.8) is 0 Å². The van der Waals surface area contributed by atoms with Crippen LogP contribution in [0.15, 0.2) is 64.8 Å². The number of allylic oxidation sites excluding steroid dienone is 2. The van der Waals surface area contributed by atoms with Crippen LogP contribution < -0.4 is 0 Å². The Morgan fingerprint density at radius 1 is 1.10 bits per heavy atom. The molecule has 29 heavy (non-hydrogen) atoms. The Morgan fingerprint density at radius 2 is 1.93 bits per heavy atom. The van der Waals surface area contributed by atoms with Crippen molar-refractivity contribution in [2.24, 2.45) is 0 Å². The van der Waals surface area contributed by atoms with Gasteiger partial charge in [-0.3, -0.25) is 9.97 Å². The number of nitrogens with zero attached hydrogens (tertiary/aromatic N) is 3. The van der Waals surface area contributed by atoms with E-state index < -0.39 is 5.60 Å². The molecule has 0 saturated carbocycles. The summed E-state index contributed by atoms with van der Waals surface area (Å²) < 4.78 is 5.37. The van der Waals surface area contributed by atoms with Gasteiger partial charge in [0, 0.05) is 17.5 Å². The van der Waals surface area contributed by atoms with Crippen LogP contribution in [-0.2, 0) is 12.0 Å². The predicted molar refractivity (Wildman–Crippen MR) is 112 cm³/mol. The molecule has 1 unspecified atom stereocenters. The van der Waals surface area contributed by atoms with E-state index >= 15 is 0 Å². The van der Waals surface area contributed by atoms with Gasteiger partial charge in [0.05, 0.1) is 17.1 Å². The molecule has 3 aromatic rings. The molecule has 1 aliphatic rings. The summed E-state index contributed by atoms with van der Waals surface area (Å²) in [6, 6.07) is 11.4. The summed E-state index contributed by atoms with van der Waals surface area (Å²) in [5, 5.41) is 16.2. The van der Waals surface area contributed by atoms with Crippen LogP contribution in [0.1, 0.15) is 53.9 Å². The molecule has 3 aromatic heterocycles. The lowest BCUT2D eigenvalue weighted by Gasteiger charge is -2.31. The Kier molecular flexibility index (Phi) is 5.16. The first kappa shape index (κ1) is 19.3. The zero-order chi connectivity index (χ0) is 20.4. The molecule has 148 valence electrons. The van der Waals surface area contributed by atoms with Gasteiger partial charge in [-0.1, -0.05) is 36.4 Å². The minimum atomic E-state index is -1.43. The standard InChI is InChI=1S/C24H25N3O2/c1-4-20-11-8-13-22(26-20)24(28,21-12-5-6-14-25-21)19-10-7-9-18(15-19)23-16(2)27-29-17(23)3/h5-6,8,10-15,28H,4,7,9H2,1-3H3. The maximum Gasteiger partial charge on any atom is 0.173 e. The van der Waals surface area contributed by atoms with Gasteiger partial charge in [-0.2, -0.15) is 0 Å². The zero-order valence-electron chi connectivity index (χ0n) is 17.0. The van der Waals surface area contributed by atoms with Crippen molar-refractivity contribution in [1.82, 2.24) is 15.1 Å². The van der Waals surface area contributed by atoms with Gasteiger partial charge in [-0.15, -0.1) is 0 Å². The summed E-state index contributed by atoms with van der Waals surface area (Å²) in [6.07, 6.45) is 8.31. The van der Waals surface area contributed by atoms with Crippen molar-refractivity contribution in [2.45, 2.75) is 45.6 Å². The first-order valence-corrected chi connectivity index (χ1v) is 9.98. The fourth-order valence-corrected chi connectivity index (χ4v) is 3.97. The molecule has 0 saturated heterocycles. The van der Waals surface area contributed by atoms with Crippen molar-refractivity contribution >= 4 is 5.57 Å². The molecule has 3 heterocycles. The van der Waals surface area contributed by atoms with Gasteiger partial charge in [0.1, 0.15) is 5.76 Å². The molecule has 5 nitrogen and oxygen atoms in total. The zero-order valence-corrected chi connectivity index (χ0v) is 17.0. The van der Waals surface area contributed by atoms with Crippen LogP contribution >= 0.6 is 0 Å². The van der Waals surface area contributed by atoms with Crippen molar-refractivity contribution in [3.8, 4) is 0 Å². The molecule has 1 atom stereocenters. The van der Waals surface area contributed by atoms with Crippen LogP contribution in [-0.4, -0.2) is 20.2 Å². The van der Waals surface area contributed by atoms with E-state index in [1.807, 2.05) is 56.3 Å². The van der Waals surface area contributed by atoms with Crippen molar-refractivity contribution in [3.05, 3.63) is 94.4 Å². The Bertz CT molecular complexity index is 1060. The third kappa shape index (κ3) is 3.42. The average molecular weight is 387 g/mol. The van der Waals surface area contributed by atoms with Crippen LogP contribution in [0.4, 0.5) is 0 Å². The van der Waals surface area contributed by atoms with Gasteiger partial charge in [0.25, 0.3) is 0 Å². The highest BCUT2D eigenvalue weighted by atomic mass is 16.5.